The van der Waals surface area contributed by atoms with Gasteiger partial charge in [-0.2, -0.15) is 0 Å². The summed E-state index contributed by atoms with van der Waals surface area (Å²) in [6, 6.07) is 0. The van der Waals surface area contributed by atoms with Gasteiger partial charge in [0.2, 0.25) is 0 Å². The van der Waals surface area contributed by atoms with Crippen LogP contribution in [0.2, 0.25) is 0 Å². The molecule has 1 rings (SSSR count). The Hall–Kier alpha value is -0.160. The monoisotopic (exact) mass is 189 g/mol. The van der Waals surface area contributed by atoms with Crippen molar-refractivity contribution in [2.24, 2.45) is 5.73 Å². The van der Waals surface area contributed by atoms with Gasteiger partial charge in [0, 0.05) is 19.8 Å². The average Bonchev–Trinajstić information content (AvgIpc) is 2.17. The van der Waals surface area contributed by atoms with Crippen molar-refractivity contribution in [3.8, 4) is 0 Å². The van der Waals surface area contributed by atoms with E-state index in [9.17, 15) is 5.11 Å². The van der Waals surface area contributed by atoms with Crippen molar-refractivity contribution in [2.45, 2.75) is 31.5 Å². The summed E-state index contributed by atoms with van der Waals surface area (Å²) in [5.74, 6) is 0. The van der Waals surface area contributed by atoms with Crippen LogP contribution in [-0.2, 0) is 9.47 Å². The average molecular weight is 189 g/mol. The molecule has 0 amide bonds. The van der Waals surface area contributed by atoms with Gasteiger partial charge in [-0.3, -0.25) is 0 Å². The van der Waals surface area contributed by atoms with Gasteiger partial charge in [0.25, 0.3) is 0 Å². The number of ether oxygens (including phenoxy) is 2. The summed E-state index contributed by atoms with van der Waals surface area (Å²) in [5, 5.41) is 9.57. The van der Waals surface area contributed by atoms with Crippen molar-refractivity contribution in [1.29, 1.82) is 0 Å². The number of nitrogens with two attached hydrogens (primary N) is 1. The molecule has 0 bridgehead atoms. The first-order valence-corrected chi connectivity index (χ1v) is 4.76. The van der Waals surface area contributed by atoms with Crippen LogP contribution in [0.1, 0.15) is 19.8 Å². The van der Waals surface area contributed by atoms with Crippen molar-refractivity contribution in [2.75, 3.05) is 26.4 Å². The highest BCUT2D eigenvalue weighted by Gasteiger charge is 2.22. The van der Waals surface area contributed by atoms with Crippen molar-refractivity contribution < 1.29 is 14.6 Å². The summed E-state index contributed by atoms with van der Waals surface area (Å²) in [5.41, 5.74) is 4.48. The van der Waals surface area contributed by atoms with Crippen LogP contribution in [0.5, 0.6) is 0 Å². The van der Waals surface area contributed by atoms with Gasteiger partial charge in [-0.15, -0.1) is 0 Å². The van der Waals surface area contributed by atoms with Gasteiger partial charge in [0.1, 0.15) is 0 Å². The smallest absolute Gasteiger partial charge is 0.0973 e. The van der Waals surface area contributed by atoms with Crippen molar-refractivity contribution >= 4 is 0 Å². The Labute approximate surface area is 79.0 Å². The van der Waals surface area contributed by atoms with Crippen molar-refractivity contribution in [3.63, 3.8) is 0 Å². The van der Waals surface area contributed by atoms with E-state index in [2.05, 4.69) is 0 Å². The largest absolute Gasteiger partial charge is 0.386 e. The molecule has 1 heterocycles. The maximum absolute atomic E-state index is 9.57. The molecular weight excluding hydrogens is 170 g/mol. The molecule has 1 atom stereocenters. The van der Waals surface area contributed by atoms with Crippen LogP contribution < -0.4 is 5.73 Å². The van der Waals surface area contributed by atoms with Crippen LogP contribution in [0.25, 0.3) is 0 Å². The molecule has 1 unspecified atom stereocenters. The van der Waals surface area contributed by atoms with Crippen LogP contribution in [0, 0.1) is 0 Å². The second-order valence-electron chi connectivity index (χ2n) is 3.82. The molecule has 78 valence electrons. The minimum Gasteiger partial charge on any atom is -0.386 e. The molecule has 4 heteroatoms. The van der Waals surface area contributed by atoms with Gasteiger partial charge < -0.3 is 20.3 Å². The molecule has 0 aromatic rings. The van der Waals surface area contributed by atoms with E-state index in [-0.39, 0.29) is 12.6 Å². The Kier molecular flexibility index (Phi) is 4.12. The SMILES string of the molecule is CC(O)(CN)COC1CCOCC1. The fourth-order valence-electron chi connectivity index (χ4n) is 1.20. The number of rotatable bonds is 4. The Morgan fingerprint density at radius 3 is 2.69 bits per heavy atom. The van der Waals surface area contributed by atoms with Crippen LogP contribution in [0.4, 0.5) is 0 Å². The zero-order chi connectivity index (χ0) is 9.73. The Bertz CT molecular complexity index is 144. The van der Waals surface area contributed by atoms with Crippen LogP contribution in [-0.4, -0.2) is 43.2 Å². The predicted octanol–water partition coefficient (Wildman–Crippen LogP) is -0.108. The second kappa shape index (κ2) is 4.91. The molecule has 0 radical (unpaired) electrons. The summed E-state index contributed by atoms with van der Waals surface area (Å²) in [6.45, 7) is 3.75. The number of hydrogen-bond acceptors (Lipinski definition) is 4. The lowest BCUT2D eigenvalue weighted by Gasteiger charge is -2.27. The summed E-state index contributed by atoms with van der Waals surface area (Å²) in [7, 11) is 0. The van der Waals surface area contributed by atoms with Gasteiger partial charge >= 0.3 is 0 Å². The molecule has 4 nitrogen and oxygen atoms in total. The topological polar surface area (TPSA) is 64.7 Å². The van der Waals surface area contributed by atoms with Crippen molar-refractivity contribution in [3.05, 3.63) is 0 Å². The lowest BCUT2D eigenvalue weighted by Crippen LogP contribution is -2.41. The van der Waals surface area contributed by atoms with E-state index in [1.165, 1.54) is 0 Å². The fourth-order valence-corrected chi connectivity index (χ4v) is 1.20. The van der Waals surface area contributed by atoms with E-state index in [0.717, 1.165) is 26.1 Å². The van der Waals surface area contributed by atoms with Gasteiger partial charge in [0.15, 0.2) is 0 Å². The van der Waals surface area contributed by atoms with Crippen molar-refractivity contribution in [1.82, 2.24) is 0 Å². The highest BCUT2D eigenvalue weighted by atomic mass is 16.5. The Morgan fingerprint density at radius 1 is 1.54 bits per heavy atom. The quantitative estimate of drug-likeness (QED) is 0.647. The van der Waals surface area contributed by atoms with Crippen LogP contribution in [0.15, 0.2) is 0 Å². The maximum Gasteiger partial charge on any atom is 0.0973 e. The number of hydrogen-bond donors (Lipinski definition) is 2. The molecule has 13 heavy (non-hydrogen) atoms. The first-order valence-electron chi connectivity index (χ1n) is 4.76. The lowest BCUT2D eigenvalue weighted by atomic mass is 10.1. The summed E-state index contributed by atoms with van der Waals surface area (Å²) in [6.07, 6.45) is 2.06. The minimum absolute atomic E-state index is 0.228. The van der Waals surface area contributed by atoms with Crippen LogP contribution in [0.3, 0.4) is 0 Å². The van der Waals surface area contributed by atoms with E-state index in [0.29, 0.717) is 6.61 Å². The highest BCUT2D eigenvalue weighted by molar-refractivity contribution is 4.74. The number of aliphatic hydroxyl groups is 1. The van der Waals surface area contributed by atoms with E-state index in [4.69, 9.17) is 15.2 Å². The Balaban J connectivity index is 2.17. The molecule has 0 aliphatic carbocycles. The Morgan fingerprint density at radius 2 is 2.15 bits per heavy atom. The van der Waals surface area contributed by atoms with Crippen LogP contribution >= 0.6 is 0 Å². The predicted molar refractivity (Wildman–Crippen MR) is 49.5 cm³/mol. The molecular formula is C9H19NO3. The molecule has 1 fully saturated rings. The molecule has 0 saturated carbocycles. The summed E-state index contributed by atoms with van der Waals surface area (Å²) >= 11 is 0. The summed E-state index contributed by atoms with van der Waals surface area (Å²) in [4.78, 5) is 0. The third-order valence-electron chi connectivity index (χ3n) is 2.24. The summed E-state index contributed by atoms with van der Waals surface area (Å²) < 4.78 is 10.7. The van der Waals surface area contributed by atoms with Gasteiger partial charge in [-0.05, 0) is 19.8 Å². The third-order valence-corrected chi connectivity index (χ3v) is 2.24. The molecule has 0 aromatic heterocycles. The van der Waals surface area contributed by atoms with E-state index < -0.39 is 5.60 Å². The first-order chi connectivity index (χ1) is 6.14. The molecule has 1 aliphatic rings. The zero-order valence-corrected chi connectivity index (χ0v) is 8.16. The fraction of sp³-hybridized carbons (Fsp3) is 1.00. The first kappa shape index (κ1) is 10.9. The third kappa shape index (κ3) is 4.04. The normalized spacial score (nSPS) is 24.2. The lowest BCUT2D eigenvalue weighted by molar-refractivity contribution is -0.0878. The standard InChI is InChI=1S/C9H19NO3/c1-9(11,6-10)7-13-8-2-4-12-5-3-8/h8,11H,2-7,10H2,1H3. The van der Waals surface area contributed by atoms with Gasteiger partial charge in [0.05, 0.1) is 18.3 Å². The molecule has 1 aliphatic heterocycles. The van der Waals surface area contributed by atoms with Gasteiger partial charge in [-0.1, -0.05) is 0 Å². The second-order valence-corrected chi connectivity index (χ2v) is 3.82. The maximum atomic E-state index is 9.57. The molecule has 3 N–H and O–H groups in total. The van der Waals surface area contributed by atoms with Gasteiger partial charge in [-0.25, -0.2) is 0 Å². The molecule has 0 spiro atoms. The van der Waals surface area contributed by atoms with E-state index >= 15 is 0 Å². The molecule has 0 aromatic carbocycles. The van der Waals surface area contributed by atoms with E-state index in [1.807, 2.05) is 0 Å². The van der Waals surface area contributed by atoms with E-state index in [1.54, 1.807) is 6.92 Å². The highest BCUT2D eigenvalue weighted by Crippen LogP contribution is 2.12. The minimum atomic E-state index is -0.891. The molecule has 1 saturated heterocycles. The zero-order valence-electron chi connectivity index (χ0n) is 8.16.